The average molecular weight is 484 g/mol. The standard InChI is InChI=1S/C24H23F2N5O2S/c25-16-3-4-18(19(26)12-16)24(33)30-10-7-15(8-11-30)20-5-6-21(34-20)23(32)28-17-13-31(14-17)22-2-1-9-27-29-22/h1-6,9,12,15,17H,7-8,10-11,13-14H2,(H,28,32). The molecule has 0 radical (unpaired) electrons. The molecule has 2 aliphatic rings. The summed E-state index contributed by atoms with van der Waals surface area (Å²) in [6, 6.07) is 10.6. The second-order valence-corrected chi connectivity index (χ2v) is 9.67. The van der Waals surface area contributed by atoms with E-state index in [0.29, 0.717) is 31.1 Å². The van der Waals surface area contributed by atoms with Gasteiger partial charge >= 0.3 is 0 Å². The first kappa shape index (κ1) is 22.4. The normalized spacial score (nSPS) is 16.9. The largest absolute Gasteiger partial charge is 0.351 e. The van der Waals surface area contributed by atoms with Crippen molar-refractivity contribution in [2.45, 2.75) is 24.8 Å². The van der Waals surface area contributed by atoms with Crippen LogP contribution in [0.4, 0.5) is 14.6 Å². The summed E-state index contributed by atoms with van der Waals surface area (Å²) in [7, 11) is 0. The quantitative estimate of drug-likeness (QED) is 0.602. The topological polar surface area (TPSA) is 78.4 Å². The second kappa shape index (κ2) is 9.46. The van der Waals surface area contributed by atoms with Crippen LogP contribution in [0.1, 0.15) is 43.7 Å². The lowest BCUT2D eigenvalue weighted by Crippen LogP contribution is -2.59. The Labute approximate surface area is 199 Å². The summed E-state index contributed by atoms with van der Waals surface area (Å²) in [5.74, 6) is -1.00. The van der Waals surface area contributed by atoms with Crippen LogP contribution in [-0.2, 0) is 0 Å². The maximum absolute atomic E-state index is 14.0. The molecule has 3 aromatic rings. The molecule has 1 aromatic carbocycles. The monoisotopic (exact) mass is 483 g/mol. The van der Waals surface area contributed by atoms with E-state index in [1.807, 2.05) is 24.3 Å². The van der Waals surface area contributed by atoms with Crippen LogP contribution in [0.5, 0.6) is 0 Å². The molecular formula is C24H23F2N5O2S. The molecule has 1 N–H and O–H groups in total. The Morgan fingerprint density at radius 2 is 1.85 bits per heavy atom. The van der Waals surface area contributed by atoms with Crippen LogP contribution in [0.3, 0.4) is 0 Å². The fourth-order valence-electron chi connectivity index (χ4n) is 4.37. The highest BCUT2D eigenvalue weighted by Gasteiger charge is 2.31. The maximum atomic E-state index is 14.0. The van der Waals surface area contributed by atoms with Gasteiger partial charge in [0.2, 0.25) is 0 Å². The van der Waals surface area contributed by atoms with E-state index in [1.54, 1.807) is 11.1 Å². The molecule has 2 aromatic heterocycles. The van der Waals surface area contributed by atoms with Crippen LogP contribution < -0.4 is 10.2 Å². The SMILES string of the molecule is O=C(NC1CN(c2cccnn2)C1)c1ccc(C2CCN(C(=O)c3ccc(F)cc3F)CC2)s1. The molecule has 2 aliphatic heterocycles. The van der Waals surface area contributed by atoms with E-state index in [0.717, 1.165) is 35.7 Å². The van der Waals surface area contributed by atoms with Crippen molar-refractivity contribution in [3.05, 3.63) is 75.6 Å². The smallest absolute Gasteiger partial charge is 0.261 e. The Bertz CT molecular complexity index is 1190. The Hall–Kier alpha value is -3.40. The predicted molar refractivity (Wildman–Crippen MR) is 124 cm³/mol. The number of piperidine rings is 1. The van der Waals surface area contributed by atoms with Crippen molar-refractivity contribution in [3.63, 3.8) is 0 Å². The summed E-state index contributed by atoms with van der Waals surface area (Å²) in [5, 5.41) is 11.0. The molecule has 10 heteroatoms. The summed E-state index contributed by atoms with van der Waals surface area (Å²) in [5.41, 5.74) is -0.108. The van der Waals surface area contributed by atoms with Gasteiger partial charge in [-0.25, -0.2) is 8.78 Å². The molecule has 5 rings (SSSR count). The van der Waals surface area contributed by atoms with E-state index in [4.69, 9.17) is 0 Å². The number of carbonyl (C=O) groups is 2. The molecule has 0 saturated carbocycles. The number of aromatic nitrogens is 2. The molecule has 0 unspecified atom stereocenters. The molecule has 0 aliphatic carbocycles. The van der Waals surface area contributed by atoms with E-state index in [-0.39, 0.29) is 23.4 Å². The number of likely N-dealkylation sites (tertiary alicyclic amines) is 1. The molecule has 2 saturated heterocycles. The lowest BCUT2D eigenvalue weighted by Gasteiger charge is -2.39. The highest BCUT2D eigenvalue weighted by Crippen LogP contribution is 2.33. The van der Waals surface area contributed by atoms with Crippen molar-refractivity contribution >= 4 is 29.0 Å². The molecule has 0 atom stereocenters. The summed E-state index contributed by atoms with van der Waals surface area (Å²) in [4.78, 5) is 30.7. The zero-order valence-electron chi connectivity index (χ0n) is 18.3. The van der Waals surface area contributed by atoms with Crippen LogP contribution in [0.2, 0.25) is 0 Å². The maximum Gasteiger partial charge on any atom is 0.261 e. The molecule has 7 nitrogen and oxygen atoms in total. The first-order valence-electron chi connectivity index (χ1n) is 11.2. The number of halogens is 2. The van der Waals surface area contributed by atoms with Crippen molar-refractivity contribution in [2.24, 2.45) is 0 Å². The third-order valence-corrected chi connectivity index (χ3v) is 7.54. The zero-order chi connectivity index (χ0) is 23.7. The van der Waals surface area contributed by atoms with Crippen LogP contribution in [0.25, 0.3) is 0 Å². The minimum Gasteiger partial charge on any atom is -0.351 e. The van der Waals surface area contributed by atoms with Gasteiger partial charge in [-0.2, -0.15) is 5.10 Å². The van der Waals surface area contributed by atoms with Crippen LogP contribution in [-0.4, -0.2) is 59.1 Å². The number of hydrogen-bond donors (Lipinski definition) is 1. The third-order valence-electron chi connectivity index (χ3n) is 6.30. The summed E-state index contributed by atoms with van der Waals surface area (Å²) in [6.45, 7) is 2.37. The van der Waals surface area contributed by atoms with Gasteiger partial charge in [-0.1, -0.05) is 0 Å². The van der Waals surface area contributed by atoms with Gasteiger partial charge in [0.25, 0.3) is 11.8 Å². The summed E-state index contributed by atoms with van der Waals surface area (Å²) < 4.78 is 27.1. The molecule has 4 heterocycles. The van der Waals surface area contributed by atoms with E-state index < -0.39 is 17.5 Å². The van der Waals surface area contributed by atoms with Gasteiger partial charge in [-0.3, -0.25) is 9.59 Å². The lowest BCUT2D eigenvalue weighted by atomic mass is 9.95. The van der Waals surface area contributed by atoms with Crippen LogP contribution >= 0.6 is 11.3 Å². The van der Waals surface area contributed by atoms with Crippen LogP contribution in [0.15, 0.2) is 48.7 Å². The van der Waals surface area contributed by atoms with Gasteiger partial charge in [0.15, 0.2) is 5.82 Å². The number of amides is 2. The zero-order valence-corrected chi connectivity index (χ0v) is 19.1. The summed E-state index contributed by atoms with van der Waals surface area (Å²) >= 11 is 1.48. The third kappa shape index (κ3) is 4.63. The molecule has 2 fully saturated rings. The molecule has 34 heavy (non-hydrogen) atoms. The molecule has 176 valence electrons. The minimum atomic E-state index is -0.840. The highest BCUT2D eigenvalue weighted by atomic mass is 32.1. The number of nitrogens with zero attached hydrogens (tertiary/aromatic N) is 4. The highest BCUT2D eigenvalue weighted by molar-refractivity contribution is 7.14. The van der Waals surface area contributed by atoms with Gasteiger partial charge in [0, 0.05) is 43.3 Å². The number of rotatable bonds is 5. The lowest BCUT2D eigenvalue weighted by molar-refractivity contribution is 0.0708. The van der Waals surface area contributed by atoms with Gasteiger partial charge in [0.1, 0.15) is 11.6 Å². The number of hydrogen-bond acceptors (Lipinski definition) is 6. The fourth-order valence-corrected chi connectivity index (χ4v) is 5.45. The van der Waals surface area contributed by atoms with Gasteiger partial charge < -0.3 is 15.1 Å². The number of carbonyl (C=O) groups excluding carboxylic acids is 2. The van der Waals surface area contributed by atoms with Crippen molar-refractivity contribution < 1.29 is 18.4 Å². The Morgan fingerprint density at radius 3 is 2.56 bits per heavy atom. The van der Waals surface area contributed by atoms with Gasteiger partial charge in [-0.15, -0.1) is 16.4 Å². The first-order valence-corrected chi connectivity index (χ1v) is 12.0. The molecule has 0 bridgehead atoms. The van der Waals surface area contributed by atoms with Crippen molar-refractivity contribution in [1.82, 2.24) is 20.4 Å². The van der Waals surface area contributed by atoms with Crippen molar-refractivity contribution in [1.29, 1.82) is 0 Å². The average Bonchev–Trinajstić information content (AvgIpc) is 3.32. The van der Waals surface area contributed by atoms with Gasteiger partial charge in [-0.05, 0) is 55.2 Å². The van der Waals surface area contributed by atoms with E-state index in [1.165, 1.54) is 17.4 Å². The second-order valence-electron chi connectivity index (χ2n) is 8.55. The number of anilines is 1. The Kier molecular flexibility index (Phi) is 6.23. The van der Waals surface area contributed by atoms with Crippen molar-refractivity contribution in [2.75, 3.05) is 31.1 Å². The van der Waals surface area contributed by atoms with Crippen molar-refractivity contribution in [3.8, 4) is 0 Å². The molecular weight excluding hydrogens is 460 g/mol. The van der Waals surface area contributed by atoms with E-state index in [9.17, 15) is 18.4 Å². The van der Waals surface area contributed by atoms with Gasteiger partial charge in [0.05, 0.1) is 16.5 Å². The first-order chi connectivity index (χ1) is 16.5. The minimum absolute atomic E-state index is 0.0705. The fraction of sp³-hybridized carbons (Fsp3) is 0.333. The molecule has 2 amide bonds. The van der Waals surface area contributed by atoms with E-state index in [2.05, 4.69) is 20.4 Å². The number of benzene rings is 1. The number of nitrogens with one attached hydrogen (secondary N) is 1. The predicted octanol–water partition coefficient (Wildman–Crippen LogP) is 3.45. The molecule has 0 spiro atoms. The van der Waals surface area contributed by atoms with E-state index >= 15 is 0 Å². The van der Waals surface area contributed by atoms with Crippen LogP contribution in [0, 0.1) is 11.6 Å². The number of thiophene rings is 1. The Balaban J connectivity index is 1.12. The summed E-state index contributed by atoms with van der Waals surface area (Å²) in [6.07, 6.45) is 3.08. The Morgan fingerprint density at radius 1 is 1.06 bits per heavy atom.